The molecule has 1 atom stereocenters. The maximum atomic E-state index is 11.0. The van der Waals surface area contributed by atoms with Crippen molar-refractivity contribution in [1.29, 1.82) is 0 Å². The zero-order valence-electron chi connectivity index (χ0n) is 16.1. The second kappa shape index (κ2) is 8.32. The number of aliphatic carboxylic acids is 1. The molecule has 2 N–H and O–H groups in total. The van der Waals surface area contributed by atoms with Crippen molar-refractivity contribution in [1.82, 2.24) is 4.90 Å². The number of halogens is 1. The lowest BCUT2D eigenvalue weighted by molar-refractivity contribution is -0.147. The molecule has 1 unspecified atom stereocenters. The molecule has 1 aliphatic rings. The van der Waals surface area contributed by atoms with Crippen molar-refractivity contribution < 1.29 is 9.90 Å². The van der Waals surface area contributed by atoms with E-state index in [1.54, 1.807) is 0 Å². The predicted octanol–water partition coefficient (Wildman–Crippen LogP) is 5.04. The number of nitrogens with one attached hydrogen (secondary N) is 1. The Morgan fingerprint density at radius 2 is 2.04 bits per heavy atom. The van der Waals surface area contributed by atoms with Crippen LogP contribution in [0.3, 0.4) is 0 Å². The van der Waals surface area contributed by atoms with E-state index < -0.39 is 5.97 Å². The van der Waals surface area contributed by atoms with Gasteiger partial charge in [-0.1, -0.05) is 42.8 Å². The van der Waals surface area contributed by atoms with Gasteiger partial charge < -0.3 is 10.4 Å². The molecule has 0 amide bonds. The van der Waals surface area contributed by atoms with Crippen LogP contribution in [0.1, 0.15) is 41.6 Å². The van der Waals surface area contributed by atoms with Gasteiger partial charge in [-0.15, -0.1) is 0 Å². The summed E-state index contributed by atoms with van der Waals surface area (Å²) in [5, 5.41) is 13.5. The first-order chi connectivity index (χ1) is 12.9. The first kappa shape index (κ1) is 19.7. The summed E-state index contributed by atoms with van der Waals surface area (Å²) in [7, 11) is 0. The van der Waals surface area contributed by atoms with Crippen molar-refractivity contribution in [3.63, 3.8) is 0 Å². The third-order valence-corrected chi connectivity index (χ3v) is 5.89. The van der Waals surface area contributed by atoms with Gasteiger partial charge in [-0.25, -0.2) is 0 Å². The number of likely N-dealkylation sites (tertiary alicyclic amines) is 1. The number of anilines is 1. The third kappa shape index (κ3) is 4.45. The Morgan fingerprint density at radius 3 is 2.67 bits per heavy atom. The molecule has 3 rings (SSSR count). The maximum absolute atomic E-state index is 11.0. The molecular weight excluding hydrogens is 360 g/mol. The van der Waals surface area contributed by atoms with Crippen LogP contribution in [-0.2, 0) is 11.3 Å². The van der Waals surface area contributed by atoms with E-state index in [1.165, 1.54) is 16.7 Å². The predicted molar refractivity (Wildman–Crippen MR) is 110 cm³/mol. The standard InChI is InChI=1S/C22H27ClN2O2/c1-4-20(16-8-9-19(23)14(2)10-16)24-21-7-5-6-17(15(21)3)11-25-12-18(13-25)22(26)27/h5-10,18,20,24H,4,11-13H2,1-3H3,(H,26,27). The molecule has 2 aromatic rings. The van der Waals surface area contributed by atoms with Crippen molar-refractivity contribution in [3.8, 4) is 0 Å². The average Bonchev–Trinajstić information content (AvgIpc) is 2.60. The maximum Gasteiger partial charge on any atom is 0.309 e. The van der Waals surface area contributed by atoms with Crippen LogP contribution in [0.25, 0.3) is 0 Å². The van der Waals surface area contributed by atoms with Gasteiger partial charge in [-0.3, -0.25) is 9.69 Å². The Labute approximate surface area is 166 Å². The Kier molecular flexibility index (Phi) is 6.08. The summed E-state index contributed by atoms with van der Waals surface area (Å²) < 4.78 is 0. The van der Waals surface area contributed by atoms with Crippen LogP contribution in [-0.4, -0.2) is 29.1 Å². The number of nitrogens with zero attached hydrogens (tertiary/aromatic N) is 1. The van der Waals surface area contributed by atoms with Crippen molar-refractivity contribution in [2.24, 2.45) is 5.92 Å². The fourth-order valence-corrected chi connectivity index (χ4v) is 3.72. The van der Waals surface area contributed by atoms with E-state index in [-0.39, 0.29) is 12.0 Å². The number of carboxylic acid groups (broad SMARTS) is 1. The second-order valence-electron chi connectivity index (χ2n) is 7.43. The van der Waals surface area contributed by atoms with E-state index in [2.05, 4.69) is 54.4 Å². The van der Waals surface area contributed by atoms with Crippen LogP contribution in [0.2, 0.25) is 5.02 Å². The summed E-state index contributed by atoms with van der Waals surface area (Å²) in [5.41, 5.74) is 5.91. The number of benzene rings is 2. The minimum absolute atomic E-state index is 0.218. The highest BCUT2D eigenvalue weighted by molar-refractivity contribution is 6.31. The topological polar surface area (TPSA) is 52.6 Å². The highest BCUT2D eigenvalue weighted by Crippen LogP contribution is 2.30. The third-order valence-electron chi connectivity index (χ3n) is 5.47. The van der Waals surface area contributed by atoms with Crippen LogP contribution in [0.4, 0.5) is 5.69 Å². The van der Waals surface area contributed by atoms with E-state index in [9.17, 15) is 4.79 Å². The molecular formula is C22H27ClN2O2. The fraction of sp³-hybridized carbons (Fsp3) is 0.409. The molecule has 1 heterocycles. The number of aryl methyl sites for hydroxylation is 1. The Hall–Kier alpha value is -2.04. The minimum Gasteiger partial charge on any atom is -0.481 e. The smallest absolute Gasteiger partial charge is 0.309 e. The van der Waals surface area contributed by atoms with E-state index in [0.717, 1.165) is 29.2 Å². The molecule has 27 heavy (non-hydrogen) atoms. The monoisotopic (exact) mass is 386 g/mol. The van der Waals surface area contributed by atoms with Gasteiger partial charge in [0.15, 0.2) is 0 Å². The molecule has 0 saturated carbocycles. The van der Waals surface area contributed by atoms with E-state index in [0.29, 0.717) is 13.1 Å². The van der Waals surface area contributed by atoms with Crippen molar-refractivity contribution >= 4 is 23.3 Å². The summed E-state index contributed by atoms with van der Waals surface area (Å²) in [5.74, 6) is -0.910. The van der Waals surface area contributed by atoms with Gasteiger partial charge >= 0.3 is 5.97 Å². The summed E-state index contributed by atoms with van der Waals surface area (Å²) in [6, 6.07) is 12.7. The SMILES string of the molecule is CCC(Nc1cccc(CN2CC(C(=O)O)C2)c1C)c1ccc(Cl)c(C)c1. The number of hydrogen-bond donors (Lipinski definition) is 2. The van der Waals surface area contributed by atoms with Gasteiger partial charge in [0, 0.05) is 30.3 Å². The molecule has 0 bridgehead atoms. The Bertz CT molecular complexity index is 831. The summed E-state index contributed by atoms with van der Waals surface area (Å²) in [6.45, 7) is 8.39. The molecule has 144 valence electrons. The summed E-state index contributed by atoms with van der Waals surface area (Å²) in [4.78, 5) is 13.2. The van der Waals surface area contributed by atoms with E-state index >= 15 is 0 Å². The zero-order valence-corrected chi connectivity index (χ0v) is 16.9. The molecule has 1 aliphatic heterocycles. The number of rotatable bonds is 7. The molecule has 0 aromatic heterocycles. The lowest BCUT2D eigenvalue weighted by atomic mass is 9.97. The van der Waals surface area contributed by atoms with Gasteiger partial charge in [0.1, 0.15) is 0 Å². The normalized spacial score (nSPS) is 16.0. The minimum atomic E-state index is -0.692. The van der Waals surface area contributed by atoms with Crippen LogP contribution < -0.4 is 5.32 Å². The van der Waals surface area contributed by atoms with Gasteiger partial charge in [0.25, 0.3) is 0 Å². The van der Waals surface area contributed by atoms with Crippen molar-refractivity contribution in [2.75, 3.05) is 18.4 Å². The molecule has 0 spiro atoms. The van der Waals surface area contributed by atoms with Crippen LogP contribution in [0.5, 0.6) is 0 Å². The molecule has 1 fully saturated rings. The average molecular weight is 387 g/mol. The van der Waals surface area contributed by atoms with E-state index in [1.807, 2.05) is 13.0 Å². The fourth-order valence-electron chi connectivity index (χ4n) is 3.60. The van der Waals surface area contributed by atoms with Gasteiger partial charge in [-0.2, -0.15) is 0 Å². The number of carbonyl (C=O) groups is 1. The quantitative estimate of drug-likeness (QED) is 0.700. The van der Waals surface area contributed by atoms with Crippen molar-refractivity contribution in [3.05, 3.63) is 63.7 Å². The van der Waals surface area contributed by atoms with Crippen LogP contribution in [0.15, 0.2) is 36.4 Å². The Morgan fingerprint density at radius 1 is 1.30 bits per heavy atom. The first-order valence-corrected chi connectivity index (χ1v) is 9.83. The highest BCUT2D eigenvalue weighted by Gasteiger charge is 2.32. The molecule has 4 nitrogen and oxygen atoms in total. The molecule has 5 heteroatoms. The van der Waals surface area contributed by atoms with Crippen LogP contribution in [0, 0.1) is 19.8 Å². The van der Waals surface area contributed by atoms with Gasteiger partial charge in [-0.05, 0) is 54.7 Å². The number of hydrogen-bond acceptors (Lipinski definition) is 3. The molecule has 0 aliphatic carbocycles. The van der Waals surface area contributed by atoms with Gasteiger partial charge in [0.2, 0.25) is 0 Å². The van der Waals surface area contributed by atoms with Crippen LogP contribution >= 0.6 is 11.6 Å². The van der Waals surface area contributed by atoms with Gasteiger partial charge in [0.05, 0.1) is 12.0 Å². The largest absolute Gasteiger partial charge is 0.481 e. The lowest BCUT2D eigenvalue weighted by Crippen LogP contribution is -2.49. The summed E-state index contributed by atoms with van der Waals surface area (Å²) in [6.07, 6.45) is 0.969. The first-order valence-electron chi connectivity index (χ1n) is 9.45. The zero-order chi connectivity index (χ0) is 19.6. The Balaban J connectivity index is 1.72. The molecule has 1 saturated heterocycles. The van der Waals surface area contributed by atoms with Crippen molar-refractivity contribution in [2.45, 2.75) is 39.8 Å². The molecule has 0 radical (unpaired) electrons. The lowest BCUT2D eigenvalue weighted by Gasteiger charge is -2.37. The summed E-state index contributed by atoms with van der Waals surface area (Å²) >= 11 is 6.17. The molecule has 2 aromatic carbocycles. The number of carboxylic acids is 1. The van der Waals surface area contributed by atoms with E-state index in [4.69, 9.17) is 16.7 Å². The highest BCUT2D eigenvalue weighted by atomic mass is 35.5. The second-order valence-corrected chi connectivity index (χ2v) is 7.84.